The van der Waals surface area contributed by atoms with Crippen LogP contribution in [-0.2, 0) is 0 Å². The summed E-state index contributed by atoms with van der Waals surface area (Å²) in [5, 5.41) is 2.80. The van der Waals surface area contributed by atoms with Gasteiger partial charge in [-0.1, -0.05) is 11.6 Å². The molecule has 16 heavy (non-hydrogen) atoms. The topological polar surface area (TPSA) is 16.1 Å². The average molecular weight is 271 g/mol. The van der Waals surface area contributed by atoms with Crippen molar-refractivity contribution in [2.24, 2.45) is 5.92 Å². The molecular formula is C9H10ClF3N2S. The second-order valence-electron chi connectivity index (χ2n) is 3.76. The number of halogens is 4. The molecule has 1 aromatic rings. The quantitative estimate of drug-likeness (QED) is 0.775. The Hall–Kier alpha value is -0.490. The van der Waals surface area contributed by atoms with E-state index in [0.717, 1.165) is 0 Å². The maximum Gasteiger partial charge on any atom is 0.391 e. The van der Waals surface area contributed by atoms with Crippen LogP contribution in [0.15, 0.2) is 5.38 Å². The number of hydrogen-bond donors (Lipinski definition) is 0. The maximum atomic E-state index is 12.4. The SMILES string of the molecule is FC(F)(F)C1CCN(c2nc(Cl)cs2)CC1. The van der Waals surface area contributed by atoms with E-state index < -0.39 is 12.1 Å². The van der Waals surface area contributed by atoms with Gasteiger partial charge in [0, 0.05) is 18.5 Å². The second kappa shape index (κ2) is 4.41. The molecule has 7 heteroatoms. The van der Waals surface area contributed by atoms with Gasteiger partial charge in [0.05, 0.1) is 5.92 Å². The summed E-state index contributed by atoms with van der Waals surface area (Å²) in [6.45, 7) is 0.794. The Balaban J connectivity index is 1.95. The molecule has 1 aliphatic rings. The summed E-state index contributed by atoms with van der Waals surface area (Å²) in [4.78, 5) is 5.91. The van der Waals surface area contributed by atoms with Gasteiger partial charge in [-0.3, -0.25) is 0 Å². The number of alkyl halides is 3. The fraction of sp³-hybridized carbons (Fsp3) is 0.667. The third kappa shape index (κ3) is 2.60. The van der Waals surface area contributed by atoms with Crippen molar-refractivity contribution in [3.63, 3.8) is 0 Å². The van der Waals surface area contributed by atoms with E-state index in [1.165, 1.54) is 11.3 Å². The van der Waals surface area contributed by atoms with Crippen LogP contribution >= 0.6 is 22.9 Å². The molecule has 2 heterocycles. The molecule has 1 aliphatic heterocycles. The molecule has 1 saturated heterocycles. The maximum absolute atomic E-state index is 12.4. The van der Waals surface area contributed by atoms with Crippen molar-refractivity contribution in [1.82, 2.24) is 4.98 Å². The highest BCUT2D eigenvalue weighted by Gasteiger charge is 2.41. The molecule has 2 rings (SSSR count). The van der Waals surface area contributed by atoms with Crippen LogP contribution in [0.1, 0.15) is 12.8 Å². The van der Waals surface area contributed by atoms with Gasteiger partial charge in [-0.2, -0.15) is 13.2 Å². The van der Waals surface area contributed by atoms with Gasteiger partial charge in [0.1, 0.15) is 5.15 Å². The number of aromatic nitrogens is 1. The predicted molar refractivity (Wildman–Crippen MR) is 58.1 cm³/mol. The zero-order chi connectivity index (χ0) is 11.8. The lowest BCUT2D eigenvalue weighted by atomic mass is 9.97. The van der Waals surface area contributed by atoms with Crippen molar-refractivity contribution >= 4 is 28.1 Å². The van der Waals surface area contributed by atoms with E-state index in [0.29, 0.717) is 23.4 Å². The van der Waals surface area contributed by atoms with E-state index in [4.69, 9.17) is 11.6 Å². The van der Waals surface area contributed by atoms with Crippen molar-refractivity contribution in [3.05, 3.63) is 10.5 Å². The molecule has 0 amide bonds. The van der Waals surface area contributed by atoms with E-state index in [1.807, 2.05) is 4.90 Å². The molecular weight excluding hydrogens is 261 g/mol. The fourth-order valence-corrected chi connectivity index (χ4v) is 2.79. The minimum absolute atomic E-state index is 0.140. The fourth-order valence-electron chi connectivity index (χ4n) is 1.79. The zero-order valence-electron chi connectivity index (χ0n) is 8.30. The summed E-state index contributed by atoms with van der Waals surface area (Å²) in [7, 11) is 0. The van der Waals surface area contributed by atoms with Gasteiger partial charge in [0.2, 0.25) is 0 Å². The summed E-state index contributed by atoms with van der Waals surface area (Å²) in [5.74, 6) is -1.17. The van der Waals surface area contributed by atoms with Crippen molar-refractivity contribution in [2.75, 3.05) is 18.0 Å². The highest BCUT2D eigenvalue weighted by Crippen LogP contribution is 2.36. The van der Waals surface area contributed by atoms with Crippen LogP contribution in [0.2, 0.25) is 5.15 Å². The minimum Gasteiger partial charge on any atom is -0.348 e. The van der Waals surface area contributed by atoms with Crippen molar-refractivity contribution in [1.29, 1.82) is 0 Å². The van der Waals surface area contributed by atoms with Crippen molar-refractivity contribution in [2.45, 2.75) is 19.0 Å². The largest absolute Gasteiger partial charge is 0.391 e. The van der Waals surface area contributed by atoms with Gasteiger partial charge in [0.15, 0.2) is 5.13 Å². The Kier molecular flexibility index (Phi) is 3.30. The van der Waals surface area contributed by atoms with Gasteiger partial charge in [-0.05, 0) is 12.8 Å². The number of rotatable bonds is 1. The summed E-state index contributed by atoms with van der Waals surface area (Å²) in [6.07, 6.45) is -3.78. The van der Waals surface area contributed by atoms with Gasteiger partial charge in [0.25, 0.3) is 0 Å². The second-order valence-corrected chi connectivity index (χ2v) is 4.98. The van der Waals surface area contributed by atoms with Crippen molar-refractivity contribution in [3.8, 4) is 0 Å². The van der Waals surface area contributed by atoms with Crippen LogP contribution in [0, 0.1) is 5.92 Å². The normalized spacial score (nSPS) is 19.1. The standard InChI is InChI=1S/C9H10ClF3N2S/c10-7-5-16-8(14-7)15-3-1-6(2-4-15)9(11,12)13/h5-6H,1-4H2. The molecule has 1 aromatic heterocycles. The van der Waals surface area contributed by atoms with Crippen LogP contribution in [0.4, 0.5) is 18.3 Å². The summed E-state index contributed by atoms with van der Waals surface area (Å²) < 4.78 is 37.3. The van der Waals surface area contributed by atoms with E-state index in [-0.39, 0.29) is 12.8 Å². The van der Waals surface area contributed by atoms with Crippen LogP contribution in [-0.4, -0.2) is 24.2 Å². The molecule has 90 valence electrons. The van der Waals surface area contributed by atoms with Gasteiger partial charge < -0.3 is 4.90 Å². The molecule has 0 atom stereocenters. The molecule has 0 radical (unpaired) electrons. The first kappa shape index (κ1) is 12.0. The molecule has 0 spiro atoms. The number of anilines is 1. The third-order valence-electron chi connectivity index (χ3n) is 2.69. The number of piperidine rings is 1. The first-order valence-corrected chi connectivity index (χ1v) is 6.15. The van der Waals surface area contributed by atoms with Crippen LogP contribution < -0.4 is 4.90 Å². The van der Waals surface area contributed by atoms with Crippen LogP contribution in [0.25, 0.3) is 0 Å². The Bertz CT molecular complexity index is 358. The molecule has 0 N–H and O–H groups in total. The first-order valence-electron chi connectivity index (χ1n) is 4.89. The molecule has 1 fully saturated rings. The number of hydrogen-bond acceptors (Lipinski definition) is 3. The Morgan fingerprint density at radius 2 is 2.00 bits per heavy atom. The summed E-state index contributed by atoms with van der Waals surface area (Å²) in [5.41, 5.74) is 0. The average Bonchev–Trinajstić information content (AvgIpc) is 2.64. The molecule has 0 unspecified atom stereocenters. The minimum atomic E-state index is -4.06. The van der Waals surface area contributed by atoms with Gasteiger partial charge in [-0.15, -0.1) is 11.3 Å². The highest BCUT2D eigenvalue weighted by atomic mass is 35.5. The molecule has 0 saturated carbocycles. The highest BCUT2D eigenvalue weighted by molar-refractivity contribution is 7.14. The molecule has 0 aromatic carbocycles. The van der Waals surface area contributed by atoms with Crippen LogP contribution in [0.3, 0.4) is 0 Å². The Morgan fingerprint density at radius 1 is 1.38 bits per heavy atom. The lowest BCUT2D eigenvalue weighted by molar-refractivity contribution is -0.179. The Morgan fingerprint density at radius 3 is 2.44 bits per heavy atom. The van der Waals surface area contributed by atoms with E-state index in [9.17, 15) is 13.2 Å². The lowest BCUT2D eigenvalue weighted by Crippen LogP contribution is -2.38. The number of thiazole rings is 1. The monoisotopic (exact) mass is 270 g/mol. The van der Waals surface area contributed by atoms with E-state index in [2.05, 4.69) is 4.98 Å². The van der Waals surface area contributed by atoms with Crippen LogP contribution in [0.5, 0.6) is 0 Å². The summed E-state index contributed by atoms with van der Waals surface area (Å²) >= 11 is 7.04. The van der Waals surface area contributed by atoms with E-state index in [1.54, 1.807) is 5.38 Å². The third-order valence-corrected chi connectivity index (χ3v) is 3.92. The first-order chi connectivity index (χ1) is 7.47. The van der Waals surface area contributed by atoms with E-state index >= 15 is 0 Å². The smallest absolute Gasteiger partial charge is 0.348 e. The molecule has 2 nitrogen and oxygen atoms in total. The number of nitrogens with zero attached hydrogens (tertiary/aromatic N) is 2. The van der Waals surface area contributed by atoms with Gasteiger partial charge in [-0.25, -0.2) is 4.98 Å². The lowest BCUT2D eigenvalue weighted by Gasteiger charge is -2.32. The Labute approximate surface area is 100 Å². The van der Waals surface area contributed by atoms with Crippen molar-refractivity contribution < 1.29 is 13.2 Å². The zero-order valence-corrected chi connectivity index (χ0v) is 9.87. The predicted octanol–water partition coefficient (Wildman–Crippen LogP) is 3.58. The summed E-state index contributed by atoms with van der Waals surface area (Å²) in [6, 6.07) is 0. The van der Waals surface area contributed by atoms with Gasteiger partial charge >= 0.3 is 6.18 Å². The molecule has 0 bridgehead atoms. The molecule has 0 aliphatic carbocycles.